The van der Waals surface area contributed by atoms with Gasteiger partial charge in [-0.25, -0.2) is 14.4 Å². The predicted octanol–water partition coefficient (Wildman–Crippen LogP) is 1.61. The molecule has 0 aromatic carbocycles. The molecule has 1 rings (SSSR count). The van der Waals surface area contributed by atoms with Gasteiger partial charge >= 0.3 is 18.5 Å². The summed E-state index contributed by atoms with van der Waals surface area (Å²) in [6.45, 7) is 0. The average Bonchev–Trinajstić information content (AvgIpc) is 2.53. The van der Waals surface area contributed by atoms with Crippen LogP contribution in [0.15, 0.2) is 22.8 Å². The molecule has 1 heterocycles. The molecule has 0 atom stereocenters. The Morgan fingerprint density at radius 1 is 1.20 bits per heavy atom. The Morgan fingerprint density at radius 2 is 1.93 bits per heavy atom. The monoisotopic (exact) mass is 216 g/mol. The number of rotatable bonds is 1. The van der Waals surface area contributed by atoms with Gasteiger partial charge in [-0.15, -0.1) is 0 Å². The first-order valence-corrected chi connectivity index (χ1v) is 3.46. The van der Waals surface area contributed by atoms with E-state index in [0.29, 0.717) is 0 Å². The highest BCUT2D eigenvalue weighted by molar-refractivity contribution is 5.83. The molecule has 0 aliphatic rings. The molecule has 0 unspecified atom stereocenters. The number of carbonyl (C=O) groups excluding carboxylic acids is 2. The van der Waals surface area contributed by atoms with Gasteiger partial charge in [0.25, 0.3) is 5.95 Å². The summed E-state index contributed by atoms with van der Waals surface area (Å²) in [4.78, 5) is 31.0. The summed E-state index contributed by atoms with van der Waals surface area (Å²) >= 11 is 0. The van der Waals surface area contributed by atoms with Crippen LogP contribution in [0, 0.1) is 0 Å². The lowest BCUT2D eigenvalue weighted by atomic mass is 10.7. The zero-order valence-electron chi connectivity index (χ0n) is 7.04. The van der Waals surface area contributed by atoms with Crippen LogP contribution in [0.5, 0.6) is 5.95 Å². The lowest BCUT2D eigenvalue weighted by Gasteiger charge is -1.99. The highest BCUT2D eigenvalue weighted by atomic mass is 16.8. The van der Waals surface area contributed by atoms with Crippen LogP contribution in [0.4, 0.5) is 14.4 Å². The van der Waals surface area contributed by atoms with E-state index in [9.17, 15) is 14.4 Å². The van der Waals surface area contributed by atoms with Crippen LogP contribution >= 0.6 is 0 Å². The molecule has 80 valence electrons. The summed E-state index contributed by atoms with van der Waals surface area (Å²) in [5.74, 6) is -0.205. The van der Waals surface area contributed by atoms with E-state index in [1.54, 1.807) is 0 Å². The quantitative estimate of drug-likeness (QED) is 0.556. The maximum atomic E-state index is 10.7. The Kier molecular flexibility index (Phi) is 3.28. The van der Waals surface area contributed by atoms with Crippen molar-refractivity contribution < 1.29 is 38.1 Å². The van der Waals surface area contributed by atoms with E-state index >= 15 is 0 Å². The largest absolute Gasteiger partial charge is 0.528 e. The summed E-state index contributed by atoms with van der Waals surface area (Å²) in [6.07, 6.45) is -3.85. The van der Waals surface area contributed by atoms with Gasteiger partial charge in [-0.3, -0.25) is 0 Å². The van der Waals surface area contributed by atoms with Crippen molar-refractivity contribution in [1.29, 1.82) is 0 Å². The minimum atomic E-state index is -1.90. The van der Waals surface area contributed by atoms with Gasteiger partial charge in [0, 0.05) is 6.07 Å². The first-order chi connectivity index (χ1) is 7.08. The number of carbonyl (C=O) groups is 3. The number of hydrogen-bond donors (Lipinski definition) is 1. The normalized spacial score (nSPS) is 9.07. The van der Waals surface area contributed by atoms with Gasteiger partial charge < -0.3 is 23.7 Å². The lowest BCUT2D eigenvalue weighted by molar-refractivity contribution is 0.0548. The highest BCUT2D eigenvalue weighted by Gasteiger charge is 2.17. The SMILES string of the molecule is O=C(O)OC(=O)OC(=O)Oc1ccco1. The molecule has 0 bridgehead atoms. The lowest BCUT2D eigenvalue weighted by Crippen LogP contribution is -2.19. The maximum Gasteiger partial charge on any atom is 0.528 e. The summed E-state index contributed by atoms with van der Waals surface area (Å²) in [5.41, 5.74) is 0. The van der Waals surface area contributed by atoms with E-state index in [1.165, 1.54) is 18.4 Å². The Hall–Kier alpha value is -2.51. The van der Waals surface area contributed by atoms with Crippen LogP contribution in [-0.4, -0.2) is 23.6 Å². The third kappa shape index (κ3) is 3.81. The second-order valence-corrected chi connectivity index (χ2v) is 2.00. The molecule has 0 radical (unpaired) electrons. The van der Waals surface area contributed by atoms with Crippen LogP contribution in [0.2, 0.25) is 0 Å². The number of carboxylic acid groups (broad SMARTS) is 1. The molecule has 0 saturated carbocycles. The fourth-order valence-corrected chi connectivity index (χ4v) is 0.585. The van der Waals surface area contributed by atoms with Gasteiger partial charge in [-0.1, -0.05) is 0 Å². The molecule has 0 aliphatic heterocycles. The maximum absolute atomic E-state index is 10.7. The van der Waals surface area contributed by atoms with Gasteiger partial charge in [-0.2, -0.15) is 0 Å². The average molecular weight is 216 g/mol. The second kappa shape index (κ2) is 4.65. The summed E-state index contributed by atoms with van der Waals surface area (Å²) in [5, 5.41) is 7.96. The van der Waals surface area contributed by atoms with Crippen molar-refractivity contribution in [3.8, 4) is 5.95 Å². The number of furan rings is 1. The molecule has 0 fully saturated rings. The first kappa shape index (κ1) is 10.6. The van der Waals surface area contributed by atoms with E-state index in [0.717, 1.165) is 0 Å². The third-order valence-corrected chi connectivity index (χ3v) is 1.02. The molecule has 0 saturated heterocycles. The minimum Gasteiger partial charge on any atom is -0.449 e. The standard InChI is InChI=1S/C7H4O8/c8-5(9)14-7(11)15-6(10)13-4-2-1-3-12-4/h1-3H,(H,8,9). The Balaban J connectivity index is 2.36. The van der Waals surface area contributed by atoms with Gasteiger partial charge in [0.2, 0.25) is 0 Å². The molecule has 0 aliphatic carbocycles. The molecule has 8 heteroatoms. The van der Waals surface area contributed by atoms with Crippen LogP contribution < -0.4 is 4.74 Å². The molecule has 0 amide bonds. The van der Waals surface area contributed by atoms with Crippen molar-refractivity contribution >= 4 is 18.5 Å². The first-order valence-electron chi connectivity index (χ1n) is 3.46. The van der Waals surface area contributed by atoms with Crippen LogP contribution in [0.3, 0.4) is 0 Å². The number of ether oxygens (including phenoxy) is 3. The second-order valence-electron chi connectivity index (χ2n) is 2.00. The van der Waals surface area contributed by atoms with E-state index in [-0.39, 0.29) is 5.95 Å². The molecule has 1 N–H and O–H groups in total. The van der Waals surface area contributed by atoms with Crippen LogP contribution in [0.1, 0.15) is 0 Å². The fourth-order valence-electron chi connectivity index (χ4n) is 0.585. The smallest absolute Gasteiger partial charge is 0.449 e. The van der Waals surface area contributed by atoms with Crippen molar-refractivity contribution in [3.05, 3.63) is 18.4 Å². The number of hydrogen-bond acceptors (Lipinski definition) is 7. The molecule has 0 spiro atoms. The van der Waals surface area contributed by atoms with E-state index in [1.807, 2.05) is 0 Å². The zero-order valence-corrected chi connectivity index (χ0v) is 7.04. The summed E-state index contributed by atoms with van der Waals surface area (Å²) in [7, 11) is 0. The van der Waals surface area contributed by atoms with E-state index in [2.05, 4.69) is 18.6 Å². The van der Waals surface area contributed by atoms with Crippen molar-refractivity contribution in [2.75, 3.05) is 0 Å². The highest BCUT2D eigenvalue weighted by Crippen LogP contribution is 2.10. The Labute approximate surface area is 81.9 Å². The van der Waals surface area contributed by atoms with E-state index < -0.39 is 18.5 Å². The van der Waals surface area contributed by atoms with Gasteiger partial charge in [0.05, 0.1) is 6.26 Å². The molecular formula is C7H4O8. The molecule has 8 nitrogen and oxygen atoms in total. The van der Waals surface area contributed by atoms with Crippen molar-refractivity contribution in [3.63, 3.8) is 0 Å². The molecule has 1 aromatic heterocycles. The van der Waals surface area contributed by atoms with Crippen molar-refractivity contribution in [2.45, 2.75) is 0 Å². The van der Waals surface area contributed by atoms with Crippen LogP contribution in [-0.2, 0) is 9.47 Å². The van der Waals surface area contributed by atoms with Crippen LogP contribution in [0.25, 0.3) is 0 Å². The summed E-state index contributed by atoms with van der Waals surface area (Å²) < 4.78 is 16.1. The van der Waals surface area contributed by atoms with Crippen molar-refractivity contribution in [1.82, 2.24) is 0 Å². The molecular weight excluding hydrogens is 212 g/mol. The van der Waals surface area contributed by atoms with Gasteiger partial charge in [0.15, 0.2) is 0 Å². The van der Waals surface area contributed by atoms with Gasteiger partial charge in [0.1, 0.15) is 0 Å². The minimum absolute atomic E-state index is 0.205. The zero-order chi connectivity index (χ0) is 11.3. The van der Waals surface area contributed by atoms with Crippen molar-refractivity contribution in [2.24, 2.45) is 0 Å². The molecule has 1 aromatic rings. The summed E-state index contributed by atoms with van der Waals surface area (Å²) in [6, 6.07) is 2.71. The topological polar surface area (TPSA) is 112 Å². The Morgan fingerprint density at radius 3 is 2.47 bits per heavy atom. The fraction of sp³-hybridized carbons (Fsp3) is 0. The predicted molar refractivity (Wildman–Crippen MR) is 40.3 cm³/mol. The third-order valence-electron chi connectivity index (χ3n) is 1.02. The van der Waals surface area contributed by atoms with Gasteiger partial charge in [-0.05, 0) is 6.07 Å². The molecule has 15 heavy (non-hydrogen) atoms. The Bertz CT molecular complexity index is 364. The van der Waals surface area contributed by atoms with E-state index in [4.69, 9.17) is 5.11 Å².